The Balaban J connectivity index is 2.24. The van der Waals surface area contributed by atoms with E-state index >= 15 is 0 Å². The quantitative estimate of drug-likeness (QED) is 0.714. The summed E-state index contributed by atoms with van der Waals surface area (Å²) in [5.74, 6) is 1.04. The lowest BCUT2D eigenvalue weighted by atomic mass is 10.0. The largest absolute Gasteiger partial charge is 0.496 e. The fourth-order valence-corrected chi connectivity index (χ4v) is 1.91. The maximum absolute atomic E-state index is 12.2. The second-order valence-electron chi connectivity index (χ2n) is 4.06. The van der Waals surface area contributed by atoms with E-state index in [-0.39, 0.29) is 11.9 Å². The van der Waals surface area contributed by atoms with Crippen LogP contribution in [0.2, 0.25) is 0 Å². The fourth-order valence-electron chi connectivity index (χ4n) is 1.91. The second kappa shape index (κ2) is 4.66. The molecule has 0 heterocycles. The number of ketones is 1. The average molecular weight is 220 g/mol. The monoisotopic (exact) mass is 220 g/mol. The Bertz CT molecular complexity index is 383. The van der Waals surface area contributed by atoms with Gasteiger partial charge < -0.3 is 9.47 Å². The molecule has 0 aliphatic heterocycles. The molecule has 0 aromatic heterocycles. The van der Waals surface area contributed by atoms with Gasteiger partial charge in [-0.2, -0.15) is 0 Å². The molecule has 2 rings (SSSR count). The van der Waals surface area contributed by atoms with Gasteiger partial charge in [0, 0.05) is 7.11 Å². The lowest BCUT2D eigenvalue weighted by Gasteiger charge is -2.14. The Morgan fingerprint density at radius 3 is 2.56 bits per heavy atom. The van der Waals surface area contributed by atoms with E-state index in [9.17, 15) is 4.79 Å². The summed E-state index contributed by atoms with van der Waals surface area (Å²) < 4.78 is 10.5. The van der Waals surface area contributed by atoms with Crippen LogP contribution in [0.3, 0.4) is 0 Å². The number of rotatable bonds is 5. The van der Waals surface area contributed by atoms with Crippen LogP contribution in [0, 0.1) is 5.92 Å². The molecule has 1 saturated carbocycles. The molecule has 0 spiro atoms. The Morgan fingerprint density at radius 2 is 2.00 bits per heavy atom. The van der Waals surface area contributed by atoms with E-state index in [0.717, 1.165) is 12.8 Å². The number of benzene rings is 1. The molecule has 1 unspecified atom stereocenters. The minimum Gasteiger partial charge on any atom is -0.496 e. The third-order valence-corrected chi connectivity index (χ3v) is 2.93. The van der Waals surface area contributed by atoms with Crippen molar-refractivity contribution in [3.05, 3.63) is 29.8 Å². The summed E-state index contributed by atoms with van der Waals surface area (Å²) in [6.07, 6.45) is 1.86. The van der Waals surface area contributed by atoms with Crippen molar-refractivity contribution >= 4 is 5.78 Å². The summed E-state index contributed by atoms with van der Waals surface area (Å²) in [5.41, 5.74) is 0.615. The Hall–Kier alpha value is -1.35. The summed E-state index contributed by atoms with van der Waals surface area (Å²) in [4.78, 5) is 12.2. The predicted octanol–water partition coefficient (Wildman–Crippen LogP) is 2.30. The summed E-state index contributed by atoms with van der Waals surface area (Å²) in [7, 11) is 3.17. The number of hydrogen-bond donors (Lipinski definition) is 0. The van der Waals surface area contributed by atoms with Crippen LogP contribution >= 0.6 is 0 Å². The molecule has 0 saturated heterocycles. The van der Waals surface area contributed by atoms with E-state index in [4.69, 9.17) is 9.47 Å². The van der Waals surface area contributed by atoms with E-state index < -0.39 is 0 Å². The van der Waals surface area contributed by atoms with Gasteiger partial charge in [-0.15, -0.1) is 0 Å². The van der Waals surface area contributed by atoms with Crippen LogP contribution in [0.5, 0.6) is 5.75 Å². The highest BCUT2D eigenvalue weighted by Gasteiger charge is 2.37. The molecule has 0 N–H and O–H groups in total. The molecule has 1 atom stereocenters. The van der Waals surface area contributed by atoms with Crippen LogP contribution in [-0.2, 0) is 4.74 Å². The standard InChI is InChI=1S/C13H16O3/c1-15-11-6-4-3-5-10(11)12(14)13(16-2)9-7-8-9/h3-6,9,13H,7-8H2,1-2H3. The average Bonchev–Trinajstić information content (AvgIpc) is 3.14. The normalized spacial score (nSPS) is 16.9. The number of carbonyl (C=O) groups is 1. The molecular formula is C13H16O3. The zero-order valence-electron chi connectivity index (χ0n) is 9.60. The van der Waals surface area contributed by atoms with Crippen LogP contribution in [0.4, 0.5) is 0 Å². The zero-order valence-corrected chi connectivity index (χ0v) is 9.60. The highest BCUT2D eigenvalue weighted by atomic mass is 16.5. The number of Topliss-reactive ketones (excluding diaryl/α,β-unsaturated/α-hetero) is 1. The van der Waals surface area contributed by atoms with E-state index in [0.29, 0.717) is 17.2 Å². The number of para-hydroxylation sites is 1. The van der Waals surface area contributed by atoms with Gasteiger partial charge in [0.1, 0.15) is 11.9 Å². The zero-order chi connectivity index (χ0) is 11.5. The van der Waals surface area contributed by atoms with Crippen LogP contribution in [-0.4, -0.2) is 26.1 Å². The number of methoxy groups -OCH3 is 2. The Kier molecular flexibility index (Phi) is 3.25. The van der Waals surface area contributed by atoms with Gasteiger partial charge in [0.25, 0.3) is 0 Å². The van der Waals surface area contributed by atoms with Crippen molar-refractivity contribution in [2.45, 2.75) is 18.9 Å². The number of ether oxygens (including phenoxy) is 2. The molecule has 0 bridgehead atoms. The highest BCUT2D eigenvalue weighted by Crippen LogP contribution is 2.36. The van der Waals surface area contributed by atoms with Gasteiger partial charge in [-0.25, -0.2) is 0 Å². The van der Waals surface area contributed by atoms with Crippen molar-refractivity contribution in [3.8, 4) is 5.75 Å². The molecule has 1 fully saturated rings. The van der Waals surface area contributed by atoms with E-state index in [1.807, 2.05) is 12.1 Å². The van der Waals surface area contributed by atoms with Crippen molar-refractivity contribution in [3.63, 3.8) is 0 Å². The van der Waals surface area contributed by atoms with Gasteiger partial charge in [-0.3, -0.25) is 4.79 Å². The second-order valence-corrected chi connectivity index (χ2v) is 4.06. The third-order valence-electron chi connectivity index (χ3n) is 2.93. The third kappa shape index (κ3) is 2.09. The topological polar surface area (TPSA) is 35.5 Å². The summed E-state index contributed by atoms with van der Waals surface area (Å²) >= 11 is 0. The van der Waals surface area contributed by atoms with Gasteiger partial charge in [0.05, 0.1) is 12.7 Å². The van der Waals surface area contributed by atoms with E-state index in [1.54, 1.807) is 26.4 Å². The van der Waals surface area contributed by atoms with E-state index in [2.05, 4.69) is 0 Å². The number of carbonyl (C=O) groups excluding carboxylic acids is 1. The lowest BCUT2D eigenvalue weighted by Crippen LogP contribution is -2.25. The van der Waals surface area contributed by atoms with Gasteiger partial charge in [-0.05, 0) is 30.9 Å². The molecule has 1 aliphatic carbocycles. The first-order chi connectivity index (χ1) is 7.77. The molecular weight excluding hydrogens is 204 g/mol. The molecule has 1 aliphatic rings. The molecule has 0 radical (unpaired) electrons. The molecule has 1 aromatic carbocycles. The molecule has 16 heavy (non-hydrogen) atoms. The van der Waals surface area contributed by atoms with Gasteiger partial charge >= 0.3 is 0 Å². The molecule has 0 amide bonds. The van der Waals surface area contributed by atoms with E-state index in [1.165, 1.54) is 0 Å². The van der Waals surface area contributed by atoms with Gasteiger partial charge in [-0.1, -0.05) is 12.1 Å². The first-order valence-corrected chi connectivity index (χ1v) is 5.48. The maximum atomic E-state index is 12.2. The Morgan fingerprint density at radius 1 is 1.31 bits per heavy atom. The van der Waals surface area contributed by atoms with Gasteiger partial charge in [0.15, 0.2) is 5.78 Å². The van der Waals surface area contributed by atoms with Crippen molar-refractivity contribution in [2.24, 2.45) is 5.92 Å². The van der Waals surface area contributed by atoms with Crippen molar-refractivity contribution in [1.82, 2.24) is 0 Å². The molecule has 1 aromatic rings. The van der Waals surface area contributed by atoms with Gasteiger partial charge in [0.2, 0.25) is 0 Å². The van der Waals surface area contributed by atoms with Crippen LogP contribution in [0.1, 0.15) is 23.2 Å². The van der Waals surface area contributed by atoms with Crippen LogP contribution in [0.15, 0.2) is 24.3 Å². The minimum absolute atomic E-state index is 0.0300. The molecule has 3 heteroatoms. The summed E-state index contributed by atoms with van der Waals surface area (Å²) in [6.45, 7) is 0. The first kappa shape index (κ1) is 11.1. The number of hydrogen-bond acceptors (Lipinski definition) is 3. The molecule has 86 valence electrons. The van der Waals surface area contributed by atoms with Crippen molar-refractivity contribution in [2.75, 3.05) is 14.2 Å². The SMILES string of the molecule is COc1ccccc1C(=O)C(OC)C1CC1. The van der Waals surface area contributed by atoms with Crippen LogP contribution < -0.4 is 4.74 Å². The van der Waals surface area contributed by atoms with Crippen LogP contribution in [0.25, 0.3) is 0 Å². The smallest absolute Gasteiger partial charge is 0.195 e. The predicted molar refractivity (Wildman–Crippen MR) is 60.8 cm³/mol. The Labute approximate surface area is 95.4 Å². The van der Waals surface area contributed by atoms with Crippen molar-refractivity contribution < 1.29 is 14.3 Å². The fraction of sp³-hybridized carbons (Fsp3) is 0.462. The highest BCUT2D eigenvalue weighted by molar-refractivity contribution is 6.02. The molecule has 3 nitrogen and oxygen atoms in total. The lowest BCUT2D eigenvalue weighted by molar-refractivity contribution is 0.0537. The first-order valence-electron chi connectivity index (χ1n) is 5.48. The maximum Gasteiger partial charge on any atom is 0.195 e. The minimum atomic E-state index is -0.309. The van der Waals surface area contributed by atoms with Crippen molar-refractivity contribution in [1.29, 1.82) is 0 Å². The summed E-state index contributed by atoms with van der Waals surface area (Å²) in [5, 5.41) is 0. The summed E-state index contributed by atoms with van der Waals surface area (Å²) in [6, 6.07) is 7.28.